The van der Waals surface area contributed by atoms with Gasteiger partial charge in [-0.05, 0) is 71.7 Å². The zero-order chi connectivity index (χ0) is 24.3. The summed E-state index contributed by atoms with van der Waals surface area (Å²) in [4.78, 5) is 24.8. The molecule has 0 aliphatic heterocycles. The Labute approximate surface area is 205 Å². The maximum Gasteiger partial charge on any atom is 0.326 e. The molecule has 34 heavy (non-hydrogen) atoms. The Kier molecular flexibility index (Phi) is 9.74. The third-order valence-electron chi connectivity index (χ3n) is 5.62. The van der Waals surface area contributed by atoms with Crippen LogP contribution in [0.25, 0.3) is 11.1 Å². The Bertz CT molecular complexity index is 1100. The van der Waals surface area contributed by atoms with Crippen LogP contribution in [0.2, 0.25) is 0 Å². The Hall–Kier alpha value is -3.09. The number of carbonyl (C=O) groups is 2. The molecule has 6 heteroatoms. The number of benzene rings is 3. The van der Waals surface area contributed by atoms with Crippen LogP contribution < -0.4 is 5.32 Å². The number of aryl methyl sites for hydroxylation is 1. The van der Waals surface area contributed by atoms with Gasteiger partial charge in [-0.3, -0.25) is 4.79 Å². The Morgan fingerprint density at radius 2 is 1.71 bits per heavy atom. The molecule has 0 aliphatic carbocycles. The van der Waals surface area contributed by atoms with E-state index in [0.717, 1.165) is 28.7 Å². The maximum absolute atomic E-state index is 13.1. The molecule has 0 heterocycles. The van der Waals surface area contributed by atoms with E-state index in [9.17, 15) is 14.7 Å². The molecule has 2 N–H and O–H groups in total. The van der Waals surface area contributed by atoms with E-state index in [1.54, 1.807) is 17.8 Å². The molecule has 0 aliphatic rings. The summed E-state index contributed by atoms with van der Waals surface area (Å²) >= 11 is 1.55. The summed E-state index contributed by atoms with van der Waals surface area (Å²) < 4.78 is 5.90. The van der Waals surface area contributed by atoms with Crippen molar-refractivity contribution in [2.45, 2.75) is 32.4 Å². The molecule has 0 radical (unpaired) electrons. The molecular weight excluding hydrogens is 446 g/mol. The van der Waals surface area contributed by atoms with Crippen molar-refractivity contribution >= 4 is 23.6 Å². The average molecular weight is 478 g/mol. The molecule has 5 nitrogen and oxygen atoms in total. The van der Waals surface area contributed by atoms with Gasteiger partial charge in [0.2, 0.25) is 0 Å². The van der Waals surface area contributed by atoms with Crippen molar-refractivity contribution in [3.8, 4) is 11.1 Å². The maximum atomic E-state index is 13.1. The summed E-state index contributed by atoms with van der Waals surface area (Å²) in [6.07, 6.45) is 3.12. The van der Waals surface area contributed by atoms with Gasteiger partial charge in [0, 0.05) is 5.56 Å². The number of aliphatic carboxylic acids is 1. The number of thioether (sulfide) groups is 1. The Balaban J connectivity index is 1.79. The van der Waals surface area contributed by atoms with E-state index in [2.05, 4.69) is 17.4 Å². The van der Waals surface area contributed by atoms with Crippen molar-refractivity contribution in [3.63, 3.8) is 0 Å². The predicted molar refractivity (Wildman–Crippen MR) is 138 cm³/mol. The number of hydrogen-bond donors (Lipinski definition) is 2. The normalized spacial score (nSPS) is 11.7. The number of carbonyl (C=O) groups excluding carboxylic acids is 1. The lowest BCUT2D eigenvalue weighted by Crippen LogP contribution is -2.41. The molecule has 3 aromatic rings. The van der Waals surface area contributed by atoms with Crippen LogP contribution in [0.15, 0.2) is 72.8 Å². The standard InChI is InChI=1S/C28H31NO4S/c1-20-8-6-7-11-23(20)25-18-22(19-33-16-14-21-9-4-3-5-10-21)12-13-24(25)27(30)29-26(28(31)32)15-17-34-2/h3-13,18,26H,14-17,19H2,1-2H3,(H,29,30)(H,31,32). The van der Waals surface area contributed by atoms with Crippen LogP contribution in [0.1, 0.15) is 33.5 Å². The van der Waals surface area contributed by atoms with E-state index in [1.165, 1.54) is 5.56 Å². The molecule has 3 aromatic carbocycles. The number of carboxylic acid groups (broad SMARTS) is 1. The van der Waals surface area contributed by atoms with Gasteiger partial charge in [-0.2, -0.15) is 11.8 Å². The van der Waals surface area contributed by atoms with Crippen molar-refractivity contribution < 1.29 is 19.4 Å². The number of ether oxygens (including phenoxy) is 1. The molecule has 0 aromatic heterocycles. The summed E-state index contributed by atoms with van der Waals surface area (Å²) in [5, 5.41) is 12.2. The third kappa shape index (κ3) is 7.20. The predicted octanol–water partition coefficient (Wildman–Crippen LogP) is 5.36. The SMILES string of the molecule is CSCCC(NC(=O)c1ccc(COCCc2ccccc2)cc1-c1ccccc1C)C(=O)O. The van der Waals surface area contributed by atoms with E-state index in [0.29, 0.717) is 31.0 Å². The van der Waals surface area contributed by atoms with Crippen molar-refractivity contribution in [2.75, 3.05) is 18.6 Å². The van der Waals surface area contributed by atoms with E-state index < -0.39 is 12.0 Å². The fourth-order valence-corrected chi connectivity index (χ4v) is 4.20. The quantitative estimate of drug-likeness (QED) is 0.344. The van der Waals surface area contributed by atoms with Crippen LogP contribution in [0.4, 0.5) is 0 Å². The van der Waals surface area contributed by atoms with Crippen LogP contribution in [-0.2, 0) is 22.6 Å². The van der Waals surface area contributed by atoms with E-state index in [-0.39, 0.29) is 5.91 Å². The molecule has 0 bridgehead atoms. The highest BCUT2D eigenvalue weighted by molar-refractivity contribution is 7.98. The first-order valence-corrected chi connectivity index (χ1v) is 12.7. The second-order valence-corrected chi connectivity index (χ2v) is 9.11. The van der Waals surface area contributed by atoms with Crippen molar-refractivity contribution in [3.05, 3.63) is 95.1 Å². The van der Waals surface area contributed by atoms with E-state index in [4.69, 9.17) is 4.74 Å². The van der Waals surface area contributed by atoms with Crippen molar-refractivity contribution in [2.24, 2.45) is 0 Å². The zero-order valence-corrected chi connectivity index (χ0v) is 20.4. The van der Waals surface area contributed by atoms with Gasteiger partial charge in [-0.25, -0.2) is 4.79 Å². The van der Waals surface area contributed by atoms with Crippen LogP contribution in [0.3, 0.4) is 0 Å². The number of hydrogen-bond acceptors (Lipinski definition) is 4. The van der Waals surface area contributed by atoms with Gasteiger partial charge in [-0.15, -0.1) is 0 Å². The van der Waals surface area contributed by atoms with Crippen LogP contribution in [0, 0.1) is 6.92 Å². The largest absolute Gasteiger partial charge is 0.480 e. The highest BCUT2D eigenvalue weighted by Crippen LogP contribution is 2.28. The van der Waals surface area contributed by atoms with Crippen molar-refractivity contribution in [1.29, 1.82) is 0 Å². The first-order valence-electron chi connectivity index (χ1n) is 11.3. The monoisotopic (exact) mass is 477 g/mol. The smallest absolute Gasteiger partial charge is 0.326 e. The van der Waals surface area contributed by atoms with Crippen LogP contribution in [-0.4, -0.2) is 41.6 Å². The highest BCUT2D eigenvalue weighted by Gasteiger charge is 2.22. The van der Waals surface area contributed by atoms with E-state index in [1.807, 2.05) is 67.8 Å². The molecule has 0 saturated carbocycles. The van der Waals surface area contributed by atoms with Gasteiger partial charge < -0.3 is 15.2 Å². The second kappa shape index (κ2) is 13.0. The summed E-state index contributed by atoms with van der Waals surface area (Å²) in [6.45, 7) is 3.03. The number of amides is 1. The Morgan fingerprint density at radius 3 is 2.41 bits per heavy atom. The van der Waals surface area contributed by atoms with Gasteiger partial charge in [0.15, 0.2) is 0 Å². The number of rotatable bonds is 12. The second-order valence-electron chi connectivity index (χ2n) is 8.13. The van der Waals surface area contributed by atoms with Crippen LogP contribution >= 0.6 is 11.8 Å². The molecule has 0 fully saturated rings. The van der Waals surface area contributed by atoms with Crippen LogP contribution in [0.5, 0.6) is 0 Å². The minimum Gasteiger partial charge on any atom is -0.480 e. The van der Waals surface area contributed by atoms with Crippen molar-refractivity contribution in [1.82, 2.24) is 5.32 Å². The summed E-state index contributed by atoms with van der Waals surface area (Å²) in [5.74, 6) is -0.757. The number of carboxylic acids is 1. The third-order valence-corrected chi connectivity index (χ3v) is 6.27. The molecule has 0 saturated heterocycles. The fourth-order valence-electron chi connectivity index (χ4n) is 3.73. The lowest BCUT2D eigenvalue weighted by molar-refractivity contribution is -0.139. The lowest BCUT2D eigenvalue weighted by atomic mass is 9.93. The summed E-state index contributed by atoms with van der Waals surface area (Å²) in [7, 11) is 0. The minimum absolute atomic E-state index is 0.370. The summed E-state index contributed by atoms with van der Waals surface area (Å²) in [6, 6.07) is 22.7. The average Bonchev–Trinajstić information content (AvgIpc) is 2.85. The lowest BCUT2D eigenvalue weighted by Gasteiger charge is -2.17. The molecule has 1 atom stereocenters. The first kappa shape index (κ1) is 25.5. The first-order chi connectivity index (χ1) is 16.5. The summed E-state index contributed by atoms with van der Waals surface area (Å²) in [5.41, 5.74) is 5.39. The van der Waals surface area contributed by atoms with Gasteiger partial charge >= 0.3 is 5.97 Å². The molecule has 1 amide bonds. The Morgan fingerprint density at radius 1 is 0.971 bits per heavy atom. The van der Waals surface area contributed by atoms with E-state index >= 15 is 0 Å². The molecule has 1 unspecified atom stereocenters. The molecule has 178 valence electrons. The molecular formula is C28H31NO4S. The van der Waals surface area contributed by atoms with Gasteiger partial charge in [0.25, 0.3) is 5.91 Å². The van der Waals surface area contributed by atoms with Gasteiger partial charge in [0.1, 0.15) is 6.04 Å². The number of nitrogens with one attached hydrogen (secondary N) is 1. The zero-order valence-electron chi connectivity index (χ0n) is 19.6. The topological polar surface area (TPSA) is 75.6 Å². The van der Waals surface area contributed by atoms with Gasteiger partial charge in [0.05, 0.1) is 13.2 Å². The fraction of sp³-hybridized carbons (Fsp3) is 0.286. The minimum atomic E-state index is -1.02. The highest BCUT2D eigenvalue weighted by atomic mass is 32.2. The molecule has 0 spiro atoms. The molecule has 3 rings (SSSR count). The van der Waals surface area contributed by atoms with Gasteiger partial charge in [-0.1, -0.05) is 60.7 Å².